The van der Waals surface area contributed by atoms with Crippen LogP contribution in [0.4, 0.5) is 0 Å². The Kier molecular flexibility index (Phi) is 7.44. The van der Waals surface area contributed by atoms with Crippen LogP contribution in [0.5, 0.6) is 0 Å². The van der Waals surface area contributed by atoms with Crippen LogP contribution < -0.4 is 5.32 Å². The number of carbonyl (C=O) groups is 1. The van der Waals surface area contributed by atoms with E-state index < -0.39 is 0 Å². The Hall–Kier alpha value is -3.48. The fourth-order valence-corrected chi connectivity index (χ4v) is 5.02. The number of amides is 1. The van der Waals surface area contributed by atoms with Gasteiger partial charge in [-0.1, -0.05) is 83.5 Å². The second-order valence-electron chi connectivity index (χ2n) is 9.31. The Morgan fingerprint density at radius 1 is 1.11 bits per heavy atom. The lowest BCUT2D eigenvalue weighted by Gasteiger charge is -2.32. The molecule has 1 aliphatic rings. The molecule has 0 saturated carbocycles. The molecule has 1 N–H and O–H groups in total. The number of piperidine rings is 1. The smallest absolute Gasteiger partial charge is 0.241 e. The van der Waals surface area contributed by atoms with Gasteiger partial charge in [0.15, 0.2) is 0 Å². The van der Waals surface area contributed by atoms with E-state index in [1.165, 1.54) is 0 Å². The molecule has 0 radical (unpaired) electrons. The molecule has 4 aromatic rings. The first-order chi connectivity index (χ1) is 17.6. The van der Waals surface area contributed by atoms with Gasteiger partial charge in [0.05, 0.1) is 18.5 Å². The zero-order chi connectivity index (χ0) is 24.9. The first-order valence-electron chi connectivity index (χ1n) is 12.3. The number of likely N-dealkylation sites (tertiary alicyclic amines) is 1. The number of benzene rings is 3. The van der Waals surface area contributed by atoms with Gasteiger partial charge < -0.3 is 9.84 Å². The van der Waals surface area contributed by atoms with Crippen molar-refractivity contribution in [3.63, 3.8) is 0 Å². The molecule has 1 saturated heterocycles. The van der Waals surface area contributed by atoms with Gasteiger partial charge in [-0.25, -0.2) is 0 Å². The number of hydrogen-bond acceptors (Lipinski definition) is 5. The molecule has 2 unspecified atom stereocenters. The van der Waals surface area contributed by atoms with Crippen molar-refractivity contribution in [1.29, 1.82) is 0 Å². The molecule has 2 atom stereocenters. The highest BCUT2D eigenvalue weighted by molar-refractivity contribution is 6.30. The van der Waals surface area contributed by atoms with Crippen molar-refractivity contribution in [2.75, 3.05) is 13.1 Å². The van der Waals surface area contributed by atoms with Gasteiger partial charge in [0.1, 0.15) is 0 Å². The summed E-state index contributed by atoms with van der Waals surface area (Å²) in [5, 5.41) is 8.09. The van der Waals surface area contributed by atoms with Crippen LogP contribution in [0, 0.1) is 12.8 Å². The Labute approximate surface area is 216 Å². The number of aromatic nitrogens is 2. The lowest BCUT2D eigenvalue weighted by molar-refractivity contribution is -0.127. The van der Waals surface area contributed by atoms with Gasteiger partial charge >= 0.3 is 0 Å². The van der Waals surface area contributed by atoms with Crippen LogP contribution in [-0.2, 0) is 11.3 Å². The van der Waals surface area contributed by atoms with Crippen LogP contribution in [0.25, 0.3) is 11.4 Å². The SMILES string of the molecule is Cc1ccccc1C(NC(=O)C1CCCN(Cc2nc(-c3cccc(Cl)c3)no2)C1)c1ccccc1. The van der Waals surface area contributed by atoms with E-state index in [4.69, 9.17) is 16.1 Å². The number of carbonyl (C=O) groups excluding carboxylic acids is 1. The van der Waals surface area contributed by atoms with E-state index in [9.17, 15) is 4.79 Å². The molecule has 0 bridgehead atoms. The minimum Gasteiger partial charge on any atom is -0.345 e. The van der Waals surface area contributed by atoms with E-state index in [2.05, 4.69) is 51.5 Å². The average molecular weight is 501 g/mol. The predicted molar refractivity (Wildman–Crippen MR) is 140 cm³/mol. The fraction of sp³-hybridized carbons (Fsp3) is 0.276. The lowest BCUT2D eigenvalue weighted by atomic mass is 9.92. The van der Waals surface area contributed by atoms with Gasteiger partial charge in [0.25, 0.3) is 0 Å². The molecule has 1 amide bonds. The van der Waals surface area contributed by atoms with Gasteiger partial charge in [-0.2, -0.15) is 4.98 Å². The monoisotopic (exact) mass is 500 g/mol. The quantitative estimate of drug-likeness (QED) is 0.346. The predicted octanol–water partition coefficient (Wildman–Crippen LogP) is 5.82. The Balaban J connectivity index is 1.27. The van der Waals surface area contributed by atoms with Gasteiger partial charge in [0, 0.05) is 17.1 Å². The number of rotatable bonds is 7. The zero-order valence-corrected chi connectivity index (χ0v) is 21.0. The summed E-state index contributed by atoms with van der Waals surface area (Å²) in [6.45, 7) is 4.13. The minimum atomic E-state index is -0.188. The number of halogens is 1. The molecule has 7 heteroatoms. The number of aryl methyl sites for hydroxylation is 1. The number of nitrogens with one attached hydrogen (secondary N) is 1. The van der Waals surface area contributed by atoms with Crippen molar-refractivity contribution in [3.05, 3.63) is 106 Å². The van der Waals surface area contributed by atoms with Gasteiger partial charge in [-0.05, 0) is 55.1 Å². The van der Waals surface area contributed by atoms with E-state index >= 15 is 0 Å². The second kappa shape index (κ2) is 11.1. The van der Waals surface area contributed by atoms with Gasteiger partial charge in [-0.3, -0.25) is 9.69 Å². The summed E-state index contributed by atoms with van der Waals surface area (Å²) in [6.07, 6.45) is 1.79. The van der Waals surface area contributed by atoms with Crippen molar-refractivity contribution in [3.8, 4) is 11.4 Å². The molecule has 36 heavy (non-hydrogen) atoms. The molecule has 1 aliphatic heterocycles. The molecule has 5 rings (SSSR count). The van der Waals surface area contributed by atoms with Crippen molar-refractivity contribution in [2.24, 2.45) is 5.92 Å². The molecule has 0 aliphatic carbocycles. The Morgan fingerprint density at radius 2 is 1.92 bits per heavy atom. The highest BCUT2D eigenvalue weighted by Gasteiger charge is 2.29. The molecule has 0 spiro atoms. The molecular weight excluding hydrogens is 472 g/mol. The minimum absolute atomic E-state index is 0.0713. The molecule has 1 aromatic heterocycles. The van der Waals surface area contributed by atoms with E-state index in [0.29, 0.717) is 29.8 Å². The van der Waals surface area contributed by atoms with Crippen LogP contribution in [0.1, 0.15) is 41.5 Å². The molecule has 1 fully saturated rings. The first-order valence-corrected chi connectivity index (χ1v) is 12.7. The third kappa shape index (κ3) is 5.66. The molecule has 2 heterocycles. The molecular formula is C29H29ClN4O2. The van der Waals surface area contributed by atoms with Crippen LogP contribution in [0.2, 0.25) is 5.02 Å². The Morgan fingerprint density at radius 3 is 2.72 bits per heavy atom. The fourth-order valence-electron chi connectivity index (χ4n) is 4.83. The van der Waals surface area contributed by atoms with E-state index in [0.717, 1.165) is 41.6 Å². The maximum Gasteiger partial charge on any atom is 0.241 e. The summed E-state index contributed by atoms with van der Waals surface area (Å²) < 4.78 is 5.50. The van der Waals surface area contributed by atoms with E-state index in [1.807, 2.05) is 54.6 Å². The zero-order valence-electron chi connectivity index (χ0n) is 20.2. The standard InChI is InChI=1S/C29H29ClN4O2/c1-20-9-5-6-15-25(20)27(21-10-3-2-4-11-21)32-29(35)23-13-8-16-34(18-23)19-26-31-28(33-36-26)22-12-7-14-24(30)17-22/h2-7,9-12,14-15,17,23,27H,8,13,16,18-19H2,1H3,(H,32,35). The largest absolute Gasteiger partial charge is 0.345 e. The second-order valence-corrected chi connectivity index (χ2v) is 9.74. The maximum atomic E-state index is 13.5. The molecule has 3 aromatic carbocycles. The third-order valence-electron chi connectivity index (χ3n) is 6.71. The van der Waals surface area contributed by atoms with Crippen LogP contribution in [-0.4, -0.2) is 34.0 Å². The summed E-state index contributed by atoms with van der Waals surface area (Å²) in [5.41, 5.74) is 4.16. The van der Waals surface area contributed by atoms with Crippen molar-refractivity contribution >= 4 is 17.5 Å². The molecule has 6 nitrogen and oxygen atoms in total. The van der Waals surface area contributed by atoms with Crippen LogP contribution in [0.15, 0.2) is 83.4 Å². The normalized spacial score (nSPS) is 17.0. The topological polar surface area (TPSA) is 71.3 Å². The first kappa shape index (κ1) is 24.2. The van der Waals surface area contributed by atoms with Crippen molar-refractivity contribution < 1.29 is 9.32 Å². The summed E-state index contributed by atoms with van der Waals surface area (Å²) >= 11 is 6.09. The summed E-state index contributed by atoms with van der Waals surface area (Å²) in [4.78, 5) is 20.2. The van der Waals surface area contributed by atoms with Gasteiger partial charge in [-0.15, -0.1) is 0 Å². The lowest BCUT2D eigenvalue weighted by Crippen LogP contribution is -2.44. The van der Waals surface area contributed by atoms with Crippen LogP contribution >= 0.6 is 11.6 Å². The summed E-state index contributed by atoms with van der Waals surface area (Å²) in [5.74, 6) is 1.02. The highest BCUT2D eigenvalue weighted by Crippen LogP contribution is 2.27. The highest BCUT2D eigenvalue weighted by atomic mass is 35.5. The number of nitrogens with zero attached hydrogens (tertiary/aromatic N) is 3. The Bertz CT molecular complexity index is 1320. The number of hydrogen-bond donors (Lipinski definition) is 1. The van der Waals surface area contributed by atoms with Crippen molar-refractivity contribution in [1.82, 2.24) is 20.4 Å². The summed E-state index contributed by atoms with van der Waals surface area (Å²) in [7, 11) is 0. The maximum absolute atomic E-state index is 13.5. The molecule has 184 valence electrons. The van der Waals surface area contributed by atoms with E-state index in [1.54, 1.807) is 0 Å². The summed E-state index contributed by atoms with van der Waals surface area (Å²) in [6, 6.07) is 25.6. The third-order valence-corrected chi connectivity index (χ3v) is 6.94. The van der Waals surface area contributed by atoms with Gasteiger partial charge in [0.2, 0.25) is 17.6 Å². The average Bonchev–Trinajstić information content (AvgIpc) is 3.37. The van der Waals surface area contributed by atoms with E-state index in [-0.39, 0.29) is 17.9 Å². The van der Waals surface area contributed by atoms with Crippen molar-refractivity contribution in [2.45, 2.75) is 32.4 Å². The van der Waals surface area contributed by atoms with Crippen LogP contribution in [0.3, 0.4) is 0 Å².